The van der Waals surface area contributed by atoms with Crippen molar-refractivity contribution < 1.29 is 5.11 Å². The third-order valence-electron chi connectivity index (χ3n) is 3.03. The second-order valence-electron chi connectivity index (χ2n) is 4.57. The van der Waals surface area contributed by atoms with Crippen molar-refractivity contribution in [2.75, 3.05) is 6.54 Å². The molecule has 96 valence electrons. The first kappa shape index (κ1) is 13.0. The summed E-state index contributed by atoms with van der Waals surface area (Å²) in [4.78, 5) is 4.41. The van der Waals surface area contributed by atoms with Crippen LogP contribution in [0, 0.1) is 0 Å². The van der Waals surface area contributed by atoms with E-state index in [1.54, 1.807) is 0 Å². The van der Waals surface area contributed by atoms with Crippen LogP contribution >= 0.6 is 0 Å². The van der Waals surface area contributed by atoms with Gasteiger partial charge in [-0.3, -0.25) is 4.98 Å². The molecular weight excluding hydrogens is 224 g/mol. The van der Waals surface area contributed by atoms with Crippen molar-refractivity contribution in [1.29, 1.82) is 0 Å². The lowest BCUT2D eigenvalue weighted by atomic mass is 10.1. The Morgan fingerprint density at radius 3 is 2.94 bits per heavy atom. The van der Waals surface area contributed by atoms with Gasteiger partial charge >= 0.3 is 0 Å². The summed E-state index contributed by atoms with van der Waals surface area (Å²) in [7, 11) is 0. The highest BCUT2D eigenvalue weighted by atomic mass is 16.3. The van der Waals surface area contributed by atoms with Crippen molar-refractivity contribution in [3.8, 4) is 0 Å². The number of para-hydroxylation sites is 1. The fourth-order valence-electron chi connectivity index (χ4n) is 2.12. The molecule has 3 heteroatoms. The second kappa shape index (κ2) is 6.47. The van der Waals surface area contributed by atoms with Gasteiger partial charge in [-0.15, -0.1) is 0 Å². The number of rotatable bonds is 6. The molecule has 18 heavy (non-hydrogen) atoms. The molecular formula is C15H20N2O. The molecule has 3 nitrogen and oxygen atoms in total. The van der Waals surface area contributed by atoms with Crippen molar-refractivity contribution in [2.45, 2.75) is 32.4 Å². The average Bonchev–Trinajstić information content (AvgIpc) is 2.39. The van der Waals surface area contributed by atoms with E-state index in [1.807, 2.05) is 18.3 Å². The van der Waals surface area contributed by atoms with Gasteiger partial charge in [0.15, 0.2) is 0 Å². The van der Waals surface area contributed by atoms with Crippen molar-refractivity contribution in [3.63, 3.8) is 0 Å². The minimum atomic E-state index is -0.252. The maximum absolute atomic E-state index is 9.66. The first-order valence-electron chi connectivity index (χ1n) is 6.52. The van der Waals surface area contributed by atoms with E-state index < -0.39 is 0 Å². The highest BCUT2D eigenvalue weighted by Gasteiger charge is 2.04. The highest BCUT2D eigenvalue weighted by Crippen LogP contribution is 2.15. The zero-order valence-corrected chi connectivity index (χ0v) is 10.8. The largest absolute Gasteiger partial charge is 0.392 e. The summed E-state index contributed by atoms with van der Waals surface area (Å²) in [5, 5.41) is 14.1. The predicted octanol–water partition coefficient (Wildman–Crippen LogP) is 2.49. The fourth-order valence-corrected chi connectivity index (χ4v) is 2.12. The molecule has 1 aromatic heterocycles. The third-order valence-corrected chi connectivity index (χ3v) is 3.03. The van der Waals surface area contributed by atoms with Gasteiger partial charge in [0.2, 0.25) is 0 Å². The normalized spacial score (nSPS) is 12.8. The molecule has 0 aliphatic heterocycles. The number of nitrogens with zero attached hydrogens (tertiary/aromatic N) is 1. The van der Waals surface area contributed by atoms with Crippen LogP contribution < -0.4 is 5.32 Å². The molecule has 0 radical (unpaired) electrons. The number of benzene rings is 1. The molecule has 1 heterocycles. The number of hydrogen-bond donors (Lipinski definition) is 2. The van der Waals surface area contributed by atoms with E-state index in [4.69, 9.17) is 0 Å². The Morgan fingerprint density at radius 1 is 1.28 bits per heavy atom. The Kier molecular flexibility index (Phi) is 4.67. The summed E-state index contributed by atoms with van der Waals surface area (Å²) in [6.45, 7) is 3.46. The summed E-state index contributed by atoms with van der Waals surface area (Å²) < 4.78 is 0. The summed E-state index contributed by atoms with van der Waals surface area (Å²) in [6, 6.07) is 10.2. The molecule has 2 N–H and O–H groups in total. The van der Waals surface area contributed by atoms with Crippen LogP contribution in [0.25, 0.3) is 10.9 Å². The molecule has 0 aliphatic rings. The van der Waals surface area contributed by atoms with Crippen molar-refractivity contribution in [2.24, 2.45) is 0 Å². The number of aromatic nitrogens is 1. The van der Waals surface area contributed by atoms with Crippen LogP contribution in [-0.4, -0.2) is 22.7 Å². The summed E-state index contributed by atoms with van der Waals surface area (Å²) in [6.07, 6.45) is 3.43. The number of hydrogen-bond acceptors (Lipinski definition) is 3. The Balaban J connectivity index is 1.99. The zero-order chi connectivity index (χ0) is 12.8. The quantitative estimate of drug-likeness (QED) is 0.820. The van der Waals surface area contributed by atoms with Gasteiger partial charge in [0.25, 0.3) is 0 Å². The van der Waals surface area contributed by atoms with E-state index in [-0.39, 0.29) is 6.10 Å². The lowest BCUT2D eigenvalue weighted by molar-refractivity contribution is 0.160. The smallest absolute Gasteiger partial charge is 0.0746 e. The number of nitrogens with one attached hydrogen (secondary N) is 1. The average molecular weight is 244 g/mol. The lowest BCUT2D eigenvalue weighted by Crippen LogP contribution is -2.26. The molecule has 0 spiro atoms. The van der Waals surface area contributed by atoms with E-state index >= 15 is 0 Å². The summed E-state index contributed by atoms with van der Waals surface area (Å²) in [5.41, 5.74) is 2.22. The molecule has 0 fully saturated rings. The molecule has 2 aromatic rings. The molecule has 2 rings (SSSR count). The Labute approximate surface area is 108 Å². The first-order valence-corrected chi connectivity index (χ1v) is 6.52. The topological polar surface area (TPSA) is 45.1 Å². The van der Waals surface area contributed by atoms with Gasteiger partial charge in [0, 0.05) is 24.7 Å². The molecule has 1 aromatic carbocycles. The lowest BCUT2D eigenvalue weighted by Gasteiger charge is -2.11. The van der Waals surface area contributed by atoms with Crippen LogP contribution in [0.2, 0.25) is 0 Å². The number of aliphatic hydroxyl groups excluding tert-OH is 1. The van der Waals surface area contributed by atoms with Crippen LogP contribution in [0.1, 0.15) is 25.3 Å². The van der Waals surface area contributed by atoms with Crippen LogP contribution in [0.15, 0.2) is 36.5 Å². The third kappa shape index (κ3) is 3.28. The van der Waals surface area contributed by atoms with Crippen molar-refractivity contribution >= 4 is 10.9 Å². The van der Waals surface area contributed by atoms with Gasteiger partial charge in [-0.25, -0.2) is 0 Å². The monoisotopic (exact) mass is 244 g/mol. The van der Waals surface area contributed by atoms with Crippen LogP contribution in [0.4, 0.5) is 0 Å². The van der Waals surface area contributed by atoms with E-state index in [2.05, 4.69) is 35.4 Å². The van der Waals surface area contributed by atoms with Crippen molar-refractivity contribution in [1.82, 2.24) is 10.3 Å². The predicted molar refractivity (Wildman–Crippen MR) is 74.4 cm³/mol. The SMILES string of the molecule is CCCC(O)CNCc1cccc2cccnc12. The zero-order valence-electron chi connectivity index (χ0n) is 10.8. The molecule has 1 unspecified atom stereocenters. The minimum Gasteiger partial charge on any atom is -0.392 e. The number of pyridine rings is 1. The van der Waals surface area contributed by atoms with E-state index in [0.29, 0.717) is 6.54 Å². The maximum Gasteiger partial charge on any atom is 0.0746 e. The van der Waals surface area contributed by atoms with E-state index in [1.165, 1.54) is 5.56 Å². The Bertz CT molecular complexity index is 493. The van der Waals surface area contributed by atoms with Gasteiger partial charge in [-0.05, 0) is 18.1 Å². The Morgan fingerprint density at radius 2 is 2.11 bits per heavy atom. The van der Waals surface area contributed by atoms with Gasteiger partial charge in [-0.2, -0.15) is 0 Å². The maximum atomic E-state index is 9.66. The van der Waals surface area contributed by atoms with E-state index in [0.717, 1.165) is 30.3 Å². The molecule has 1 atom stereocenters. The number of fused-ring (bicyclic) bond motifs is 1. The first-order chi connectivity index (χ1) is 8.81. The molecule has 0 aliphatic carbocycles. The van der Waals surface area contributed by atoms with Gasteiger partial charge < -0.3 is 10.4 Å². The highest BCUT2D eigenvalue weighted by molar-refractivity contribution is 5.81. The van der Waals surface area contributed by atoms with Crippen LogP contribution in [0.3, 0.4) is 0 Å². The number of aliphatic hydroxyl groups is 1. The second-order valence-corrected chi connectivity index (χ2v) is 4.57. The molecule has 0 saturated heterocycles. The summed E-state index contributed by atoms with van der Waals surface area (Å²) in [5.74, 6) is 0. The van der Waals surface area contributed by atoms with Crippen LogP contribution in [0.5, 0.6) is 0 Å². The fraction of sp³-hybridized carbons (Fsp3) is 0.400. The van der Waals surface area contributed by atoms with E-state index in [9.17, 15) is 5.11 Å². The Hall–Kier alpha value is -1.45. The van der Waals surface area contributed by atoms with Gasteiger partial charge in [0.05, 0.1) is 11.6 Å². The molecule has 0 saturated carbocycles. The summed E-state index contributed by atoms with van der Waals surface area (Å²) >= 11 is 0. The molecule has 0 amide bonds. The standard InChI is InChI=1S/C15H20N2O/c1-2-5-14(18)11-16-10-13-7-3-6-12-8-4-9-17-15(12)13/h3-4,6-9,14,16,18H,2,5,10-11H2,1H3. The minimum absolute atomic E-state index is 0.252. The van der Waals surface area contributed by atoms with Crippen molar-refractivity contribution in [3.05, 3.63) is 42.1 Å². The van der Waals surface area contributed by atoms with Crippen LogP contribution in [-0.2, 0) is 6.54 Å². The van der Waals surface area contributed by atoms with Gasteiger partial charge in [-0.1, -0.05) is 37.6 Å². The molecule has 0 bridgehead atoms. The van der Waals surface area contributed by atoms with Gasteiger partial charge in [0.1, 0.15) is 0 Å².